The van der Waals surface area contributed by atoms with Crippen LogP contribution in [0.25, 0.3) is 0 Å². The smallest absolute Gasteiger partial charge is 0.0141 e. The molecule has 1 aromatic rings. The maximum atomic E-state index is 3.86. The van der Waals surface area contributed by atoms with E-state index in [9.17, 15) is 0 Å². The number of nitrogens with one attached hydrogen (secondary N) is 1. The van der Waals surface area contributed by atoms with Crippen LogP contribution in [0.15, 0.2) is 30.3 Å². The van der Waals surface area contributed by atoms with E-state index < -0.39 is 0 Å². The highest BCUT2D eigenvalue weighted by Crippen LogP contribution is 2.46. The van der Waals surface area contributed by atoms with E-state index in [2.05, 4.69) is 49.5 Å². The van der Waals surface area contributed by atoms with Crippen LogP contribution in [-0.2, 0) is 0 Å². The number of rotatable bonds is 3. The molecule has 2 saturated carbocycles. The van der Waals surface area contributed by atoms with E-state index in [1.54, 1.807) is 5.56 Å². The molecule has 1 N–H and O–H groups in total. The molecule has 0 aromatic heterocycles. The first-order valence-corrected chi connectivity index (χ1v) is 8.55. The summed E-state index contributed by atoms with van der Waals surface area (Å²) in [5.41, 5.74) is 1.55. The molecule has 1 nitrogen and oxygen atoms in total. The average Bonchev–Trinajstić information content (AvgIpc) is 2.47. The van der Waals surface area contributed by atoms with Crippen LogP contribution in [0.2, 0.25) is 0 Å². The SMILES string of the molecule is CC(C)N[C@H]1C[C@H]2CCCC[C@@H]2C[C@H]1c1ccccc1. The molecule has 0 heterocycles. The Morgan fingerprint density at radius 1 is 0.950 bits per heavy atom. The first kappa shape index (κ1) is 14.1. The summed E-state index contributed by atoms with van der Waals surface area (Å²) in [6, 6.07) is 12.5. The van der Waals surface area contributed by atoms with E-state index in [0.29, 0.717) is 12.1 Å². The van der Waals surface area contributed by atoms with Crippen molar-refractivity contribution < 1.29 is 0 Å². The van der Waals surface area contributed by atoms with Gasteiger partial charge in [0.05, 0.1) is 0 Å². The first-order valence-electron chi connectivity index (χ1n) is 8.55. The summed E-state index contributed by atoms with van der Waals surface area (Å²) in [4.78, 5) is 0. The van der Waals surface area contributed by atoms with Crippen molar-refractivity contribution in [2.24, 2.45) is 11.8 Å². The molecule has 1 aromatic carbocycles. The van der Waals surface area contributed by atoms with E-state index >= 15 is 0 Å². The molecule has 0 radical (unpaired) electrons. The molecule has 0 saturated heterocycles. The van der Waals surface area contributed by atoms with Crippen molar-refractivity contribution in [1.82, 2.24) is 5.32 Å². The molecular formula is C19H29N. The summed E-state index contributed by atoms with van der Waals surface area (Å²) in [5, 5.41) is 3.86. The van der Waals surface area contributed by atoms with Crippen molar-refractivity contribution in [2.45, 2.75) is 70.4 Å². The van der Waals surface area contributed by atoms with Gasteiger partial charge >= 0.3 is 0 Å². The highest BCUT2D eigenvalue weighted by atomic mass is 14.9. The van der Waals surface area contributed by atoms with Gasteiger partial charge in [-0.3, -0.25) is 0 Å². The normalized spacial score (nSPS) is 34.0. The number of hydrogen-bond donors (Lipinski definition) is 1. The number of benzene rings is 1. The molecular weight excluding hydrogens is 242 g/mol. The topological polar surface area (TPSA) is 12.0 Å². The van der Waals surface area contributed by atoms with Crippen LogP contribution in [0.4, 0.5) is 0 Å². The molecule has 2 fully saturated rings. The Labute approximate surface area is 124 Å². The molecule has 1 heteroatoms. The Hall–Kier alpha value is -0.820. The van der Waals surface area contributed by atoms with Crippen LogP contribution in [-0.4, -0.2) is 12.1 Å². The zero-order valence-corrected chi connectivity index (χ0v) is 13.0. The summed E-state index contributed by atoms with van der Waals surface area (Å²) in [7, 11) is 0. The van der Waals surface area contributed by atoms with Crippen LogP contribution in [0, 0.1) is 11.8 Å². The Morgan fingerprint density at radius 2 is 1.60 bits per heavy atom. The Balaban J connectivity index is 1.80. The first-order chi connectivity index (χ1) is 9.74. The summed E-state index contributed by atoms with van der Waals surface area (Å²) in [6.45, 7) is 4.57. The second-order valence-electron chi connectivity index (χ2n) is 7.22. The van der Waals surface area contributed by atoms with E-state index in [1.165, 1.54) is 38.5 Å². The molecule has 110 valence electrons. The van der Waals surface area contributed by atoms with Gasteiger partial charge in [0.1, 0.15) is 0 Å². The van der Waals surface area contributed by atoms with Crippen molar-refractivity contribution in [3.8, 4) is 0 Å². The lowest BCUT2D eigenvalue weighted by Crippen LogP contribution is -2.46. The second kappa shape index (κ2) is 6.30. The minimum Gasteiger partial charge on any atom is -0.311 e. The fourth-order valence-corrected chi connectivity index (χ4v) is 4.57. The molecule has 4 atom stereocenters. The molecule has 0 unspecified atom stereocenters. The Morgan fingerprint density at radius 3 is 2.25 bits per heavy atom. The number of hydrogen-bond acceptors (Lipinski definition) is 1. The Bertz CT molecular complexity index is 411. The van der Waals surface area contributed by atoms with Crippen molar-refractivity contribution >= 4 is 0 Å². The monoisotopic (exact) mass is 271 g/mol. The summed E-state index contributed by atoms with van der Waals surface area (Å²) >= 11 is 0. The van der Waals surface area contributed by atoms with E-state index in [0.717, 1.165) is 17.8 Å². The largest absolute Gasteiger partial charge is 0.311 e. The lowest BCUT2D eigenvalue weighted by atomic mass is 9.64. The predicted molar refractivity (Wildman–Crippen MR) is 85.9 cm³/mol. The van der Waals surface area contributed by atoms with Crippen LogP contribution in [0.1, 0.15) is 63.9 Å². The highest BCUT2D eigenvalue weighted by Gasteiger charge is 2.38. The van der Waals surface area contributed by atoms with Gasteiger partial charge < -0.3 is 5.32 Å². The fraction of sp³-hybridized carbons (Fsp3) is 0.684. The van der Waals surface area contributed by atoms with Gasteiger partial charge in [0.2, 0.25) is 0 Å². The van der Waals surface area contributed by atoms with Gasteiger partial charge in [-0.05, 0) is 36.2 Å². The van der Waals surface area contributed by atoms with Gasteiger partial charge in [-0.25, -0.2) is 0 Å². The van der Waals surface area contributed by atoms with Crippen molar-refractivity contribution in [3.63, 3.8) is 0 Å². The fourth-order valence-electron chi connectivity index (χ4n) is 4.57. The lowest BCUT2D eigenvalue weighted by Gasteiger charge is -2.45. The minimum atomic E-state index is 0.589. The third-order valence-electron chi connectivity index (χ3n) is 5.44. The molecule has 2 aliphatic rings. The second-order valence-corrected chi connectivity index (χ2v) is 7.22. The standard InChI is InChI=1S/C19H29N/c1-14(2)20-19-13-17-11-7-6-10-16(17)12-18(19)15-8-4-3-5-9-15/h3-5,8-9,14,16-20H,6-7,10-13H2,1-2H3/t16-,17-,18+,19+/m1/s1. The zero-order chi connectivity index (χ0) is 13.9. The van der Waals surface area contributed by atoms with E-state index in [4.69, 9.17) is 0 Å². The molecule has 20 heavy (non-hydrogen) atoms. The van der Waals surface area contributed by atoms with Gasteiger partial charge in [-0.1, -0.05) is 69.9 Å². The predicted octanol–water partition coefficient (Wildman–Crippen LogP) is 4.74. The van der Waals surface area contributed by atoms with Crippen molar-refractivity contribution in [1.29, 1.82) is 0 Å². The third kappa shape index (κ3) is 3.09. The van der Waals surface area contributed by atoms with Crippen LogP contribution < -0.4 is 5.32 Å². The molecule has 2 aliphatic carbocycles. The highest BCUT2D eigenvalue weighted by molar-refractivity contribution is 5.22. The third-order valence-corrected chi connectivity index (χ3v) is 5.44. The molecule has 0 bridgehead atoms. The summed E-state index contributed by atoms with van der Waals surface area (Å²) in [6.07, 6.45) is 8.67. The molecule has 0 aliphatic heterocycles. The number of fused-ring (bicyclic) bond motifs is 1. The zero-order valence-electron chi connectivity index (χ0n) is 13.0. The van der Waals surface area contributed by atoms with Crippen LogP contribution in [0.5, 0.6) is 0 Å². The molecule has 3 rings (SSSR count). The summed E-state index contributed by atoms with van der Waals surface area (Å²) in [5.74, 6) is 2.69. The van der Waals surface area contributed by atoms with Gasteiger partial charge in [0.25, 0.3) is 0 Å². The molecule has 0 spiro atoms. The van der Waals surface area contributed by atoms with Gasteiger partial charge in [0, 0.05) is 12.1 Å². The minimum absolute atomic E-state index is 0.589. The maximum absolute atomic E-state index is 3.86. The van der Waals surface area contributed by atoms with Crippen LogP contribution in [0.3, 0.4) is 0 Å². The molecule has 0 amide bonds. The van der Waals surface area contributed by atoms with Crippen LogP contribution >= 0.6 is 0 Å². The van der Waals surface area contributed by atoms with Gasteiger partial charge in [-0.15, -0.1) is 0 Å². The van der Waals surface area contributed by atoms with E-state index in [-0.39, 0.29) is 0 Å². The quantitative estimate of drug-likeness (QED) is 0.837. The maximum Gasteiger partial charge on any atom is 0.0141 e. The average molecular weight is 271 g/mol. The Kier molecular flexibility index (Phi) is 4.45. The van der Waals surface area contributed by atoms with Crippen molar-refractivity contribution in [2.75, 3.05) is 0 Å². The van der Waals surface area contributed by atoms with Gasteiger partial charge in [0.15, 0.2) is 0 Å². The summed E-state index contributed by atoms with van der Waals surface area (Å²) < 4.78 is 0. The van der Waals surface area contributed by atoms with E-state index in [1.807, 2.05) is 0 Å². The van der Waals surface area contributed by atoms with Crippen molar-refractivity contribution in [3.05, 3.63) is 35.9 Å². The lowest BCUT2D eigenvalue weighted by molar-refractivity contribution is 0.122. The van der Waals surface area contributed by atoms with Gasteiger partial charge in [-0.2, -0.15) is 0 Å².